The highest BCUT2D eigenvalue weighted by Crippen LogP contribution is 2.30. The number of hydrogen-bond acceptors (Lipinski definition) is 4. The molecule has 0 bridgehead atoms. The fraction of sp³-hybridized carbons (Fsp3) is 0.615. The highest BCUT2D eigenvalue weighted by atomic mass is 32.1. The minimum atomic E-state index is -0.326. The highest BCUT2D eigenvalue weighted by molar-refractivity contribution is 7.09. The minimum Gasteiger partial charge on any atom is -0.344 e. The molecule has 102 valence electrons. The van der Waals surface area contributed by atoms with E-state index in [0.717, 1.165) is 23.5 Å². The average Bonchev–Trinajstić information content (AvgIpc) is 3.00. The van der Waals surface area contributed by atoms with E-state index in [1.807, 2.05) is 17.2 Å². The molecule has 0 radical (unpaired) electrons. The van der Waals surface area contributed by atoms with Gasteiger partial charge in [-0.2, -0.15) is 0 Å². The smallest absolute Gasteiger partial charge is 0.245 e. The summed E-state index contributed by atoms with van der Waals surface area (Å²) in [7, 11) is 0. The van der Waals surface area contributed by atoms with Crippen molar-refractivity contribution < 1.29 is 9.59 Å². The van der Waals surface area contributed by atoms with Crippen LogP contribution < -0.4 is 5.32 Å². The number of hydrogen-bond donors (Lipinski definition) is 1. The Morgan fingerprint density at radius 3 is 2.84 bits per heavy atom. The molecule has 3 rings (SSSR count). The SMILES string of the molecule is Cc1nc(CN(C(=O)C2CCC(=O)N2)C2CC2)cs1. The molecule has 1 aliphatic heterocycles. The maximum Gasteiger partial charge on any atom is 0.245 e. The Kier molecular flexibility index (Phi) is 3.26. The van der Waals surface area contributed by atoms with Gasteiger partial charge in [0.15, 0.2) is 0 Å². The van der Waals surface area contributed by atoms with E-state index < -0.39 is 0 Å². The number of aromatic nitrogens is 1. The third-order valence-electron chi connectivity index (χ3n) is 3.56. The van der Waals surface area contributed by atoms with Crippen molar-refractivity contribution in [2.45, 2.75) is 51.2 Å². The van der Waals surface area contributed by atoms with Crippen LogP contribution in [0.2, 0.25) is 0 Å². The quantitative estimate of drug-likeness (QED) is 0.901. The van der Waals surface area contributed by atoms with Gasteiger partial charge in [-0.3, -0.25) is 9.59 Å². The molecule has 2 amide bonds. The van der Waals surface area contributed by atoms with Gasteiger partial charge in [0.05, 0.1) is 17.2 Å². The zero-order chi connectivity index (χ0) is 13.4. The van der Waals surface area contributed by atoms with Gasteiger partial charge in [-0.25, -0.2) is 4.98 Å². The van der Waals surface area contributed by atoms with Gasteiger partial charge in [0.2, 0.25) is 11.8 Å². The van der Waals surface area contributed by atoms with E-state index >= 15 is 0 Å². The van der Waals surface area contributed by atoms with Crippen LogP contribution in [0.3, 0.4) is 0 Å². The summed E-state index contributed by atoms with van der Waals surface area (Å²) in [6.45, 7) is 2.54. The summed E-state index contributed by atoms with van der Waals surface area (Å²) in [5.74, 6) is 0.0394. The van der Waals surface area contributed by atoms with Gasteiger partial charge in [-0.1, -0.05) is 0 Å². The molecule has 5 nitrogen and oxygen atoms in total. The van der Waals surface area contributed by atoms with Crippen LogP contribution in [0.25, 0.3) is 0 Å². The fourth-order valence-electron chi connectivity index (χ4n) is 2.43. The largest absolute Gasteiger partial charge is 0.344 e. The molecule has 2 fully saturated rings. The molecule has 0 aromatic carbocycles. The van der Waals surface area contributed by atoms with Crippen molar-refractivity contribution >= 4 is 23.2 Å². The molecule has 6 heteroatoms. The molecule has 19 heavy (non-hydrogen) atoms. The second-order valence-corrected chi connectivity index (χ2v) is 6.28. The normalized spacial score (nSPS) is 22.4. The van der Waals surface area contributed by atoms with Crippen molar-refractivity contribution in [2.24, 2.45) is 0 Å². The molecule has 1 N–H and O–H groups in total. The second kappa shape index (κ2) is 4.92. The molecule has 1 saturated heterocycles. The lowest BCUT2D eigenvalue weighted by Crippen LogP contribution is -2.45. The lowest BCUT2D eigenvalue weighted by Gasteiger charge is -2.24. The maximum absolute atomic E-state index is 12.5. The third kappa shape index (κ3) is 2.78. The Morgan fingerprint density at radius 2 is 2.32 bits per heavy atom. The van der Waals surface area contributed by atoms with Crippen molar-refractivity contribution in [2.75, 3.05) is 0 Å². The summed E-state index contributed by atoms with van der Waals surface area (Å²) in [5, 5.41) is 5.79. The maximum atomic E-state index is 12.5. The van der Waals surface area contributed by atoms with Gasteiger partial charge in [0, 0.05) is 17.8 Å². The number of nitrogens with one attached hydrogen (secondary N) is 1. The van der Waals surface area contributed by atoms with Gasteiger partial charge >= 0.3 is 0 Å². The van der Waals surface area contributed by atoms with Gasteiger partial charge in [0.25, 0.3) is 0 Å². The predicted molar refractivity (Wildman–Crippen MR) is 71.6 cm³/mol. The fourth-order valence-corrected chi connectivity index (χ4v) is 3.03. The van der Waals surface area contributed by atoms with Crippen LogP contribution in [0, 0.1) is 6.92 Å². The van der Waals surface area contributed by atoms with E-state index in [-0.39, 0.29) is 17.9 Å². The van der Waals surface area contributed by atoms with Crippen molar-refractivity contribution in [1.29, 1.82) is 0 Å². The first-order chi connectivity index (χ1) is 9.13. The van der Waals surface area contributed by atoms with Gasteiger partial charge in [-0.15, -0.1) is 11.3 Å². The van der Waals surface area contributed by atoms with E-state index in [9.17, 15) is 9.59 Å². The van der Waals surface area contributed by atoms with Crippen LogP contribution in [-0.4, -0.2) is 33.8 Å². The summed E-state index contributed by atoms with van der Waals surface area (Å²) in [6.07, 6.45) is 3.22. The number of aryl methyl sites for hydroxylation is 1. The van der Waals surface area contributed by atoms with E-state index in [4.69, 9.17) is 0 Å². The van der Waals surface area contributed by atoms with Crippen LogP contribution in [0.1, 0.15) is 36.4 Å². The molecule has 1 aliphatic carbocycles. The summed E-state index contributed by atoms with van der Waals surface area (Å²) in [5.41, 5.74) is 0.951. The molecule has 1 saturated carbocycles. The number of rotatable bonds is 4. The first-order valence-corrected chi connectivity index (χ1v) is 7.52. The monoisotopic (exact) mass is 279 g/mol. The van der Waals surface area contributed by atoms with E-state index in [1.165, 1.54) is 0 Å². The van der Waals surface area contributed by atoms with Gasteiger partial charge in [0.1, 0.15) is 6.04 Å². The zero-order valence-corrected chi connectivity index (χ0v) is 11.7. The molecule has 2 aliphatic rings. The molecular formula is C13H17N3O2S. The topological polar surface area (TPSA) is 62.3 Å². The molecule has 0 spiro atoms. The van der Waals surface area contributed by atoms with Crippen LogP contribution in [0.5, 0.6) is 0 Å². The molecule has 1 aromatic rings. The Hall–Kier alpha value is -1.43. The van der Waals surface area contributed by atoms with Crippen LogP contribution in [-0.2, 0) is 16.1 Å². The molecule has 1 atom stereocenters. The Morgan fingerprint density at radius 1 is 1.53 bits per heavy atom. The summed E-state index contributed by atoms with van der Waals surface area (Å²) in [6, 6.07) is 0.0137. The number of amides is 2. The molecular weight excluding hydrogens is 262 g/mol. The number of thiazole rings is 1. The van der Waals surface area contributed by atoms with Gasteiger partial charge < -0.3 is 10.2 Å². The first-order valence-electron chi connectivity index (χ1n) is 6.64. The van der Waals surface area contributed by atoms with Crippen molar-refractivity contribution in [3.8, 4) is 0 Å². The zero-order valence-electron chi connectivity index (χ0n) is 10.9. The van der Waals surface area contributed by atoms with Crippen molar-refractivity contribution in [3.05, 3.63) is 16.1 Å². The highest BCUT2D eigenvalue weighted by Gasteiger charge is 2.38. The standard InChI is InChI=1S/C13H17N3O2S/c1-8-14-9(7-19-8)6-16(10-2-3-10)13(18)11-4-5-12(17)15-11/h7,10-11H,2-6H2,1H3,(H,15,17). The Labute approximate surface area is 116 Å². The second-order valence-electron chi connectivity index (χ2n) is 5.21. The average molecular weight is 279 g/mol. The number of nitrogens with zero attached hydrogens (tertiary/aromatic N) is 2. The van der Waals surface area contributed by atoms with Crippen molar-refractivity contribution in [3.63, 3.8) is 0 Å². The summed E-state index contributed by atoms with van der Waals surface area (Å²) in [4.78, 5) is 30.0. The first kappa shape index (κ1) is 12.6. The number of carbonyl (C=O) groups is 2. The lowest BCUT2D eigenvalue weighted by molar-refractivity contribution is -0.135. The molecule has 1 aromatic heterocycles. The van der Waals surface area contributed by atoms with E-state index in [0.29, 0.717) is 25.4 Å². The van der Waals surface area contributed by atoms with Crippen LogP contribution in [0.15, 0.2) is 5.38 Å². The molecule has 1 unspecified atom stereocenters. The van der Waals surface area contributed by atoms with Crippen LogP contribution >= 0.6 is 11.3 Å². The Bertz CT molecular complexity index is 510. The van der Waals surface area contributed by atoms with Crippen molar-refractivity contribution in [1.82, 2.24) is 15.2 Å². The third-order valence-corrected chi connectivity index (χ3v) is 4.39. The van der Waals surface area contributed by atoms with Gasteiger partial charge in [-0.05, 0) is 26.2 Å². The Balaban J connectivity index is 1.70. The van der Waals surface area contributed by atoms with E-state index in [2.05, 4.69) is 10.3 Å². The predicted octanol–water partition coefficient (Wildman–Crippen LogP) is 1.22. The summed E-state index contributed by atoms with van der Waals surface area (Å²) >= 11 is 1.60. The minimum absolute atomic E-state index is 0.0152. The van der Waals surface area contributed by atoms with E-state index in [1.54, 1.807) is 11.3 Å². The summed E-state index contributed by atoms with van der Waals surface area (Å²) < 4.78 is 0. The molecule has 2 heterocycles. The van der Waals surface area contributed by atoms with Crippen LogP contribution in [0.4, 0.5) is 0 Å². The number of carbonyl (C=O) groups excluding carboxylic acids is 2. The lowest BCUT2D eigenvalue weighted by atomic mass is 10.2.